The summed E-state index contributed by atoms with van der Waals surface area (Å²) in [7, 11) is 3.96. The molecule has 4 nitrogen and oxygen atoms in total. The van der Waals surface area contributed by atoms with Crippen molar-refractivity contribution in [1.82, 2.24) is 0 Å². The molecular formula is C16H21NO3. The second kappa shape index (κ2) is 8.17. The monoisotopic (exact) mass is 275 g/mol. The number of aliphatic carboxylic acids is 1. The van der Waals surface area contributed by atoms with Gasteiger partial charge in [-0.2, -0.15) is 0 Å². The predicted octanol–water partition coefficient (Wildman–Crippen LogP) is 2.42. The predicted molar refractivity (Wildman–Crippen MR) is 81.1 cm³/mol. The van der Waals surface area contributed by atoms with Crippen LogP contribution in [0.15, 0.2) is 48.6 Å². The number of nitrogens with zero attached hydrogens (tertiary/aromatic N) is 1. The highest BCUT2D eigenvalue weighted by Crippen LogP contribution is 2.22. The van der Waals surface area contributed by atoms with Crippen molar-refractivity contribution in [2.45, 2.75) is 12.3 Å². The third-order valence-corrected chi connectivity index (χ3v) is 3.01. The van der Waals surface area contributed by atoms with Crippen LogP contribution in [0, 0.1) is 0 Å². The van der Waals surface area contributed by atoms with Crippen LogP contribution in [0.1, 0.15) is 17.9 Å². The summed E-state index contributed by atoms with van der Waals surface area (Å²) in [5.74, 6) is -0.937. The minimum atomic E-state index is -0.965. The number of aliphatic hydroxyl groups excluding tert-OH is 1. The third kappa shape index (κ3) is 5.28. The first kappa shape index (κ1) is 16.0. The van der Waals surface area contributed by atoms with E-state index in [9.17, 15) is 9.90 Å². The summed E-state index contributed by atoms with van der Waals surface area (Å²) < 4.78 is 0. The van der Waals surface area contributed by atoms with Crippen molar-refractivity contribution in [3.63, 3.8) is 0 Å². The van der Waals surface area contributed by atoms with E-state index < -0.39 is 5.97 Å². The normalized spacial score (nSPS) is 12.9. The van der Waals surface area contributed by atoms with Crippen molar-refractivity contribution in [3.8, 4) is 0 Å². The Kier molecular flexibility index (Phi) is 6.53. The lowest BCUT2D eigenvalue weighted by Gasteiger charge is -2.16. The molecule has 0 aliphatic rings. The quantitative estimate of drug-likeness (QED) is 0.592. The Labute approximate surface area is 119 Å². The molecule has 0 heterocycles. The summed E-state index contributed by atoms with van der Waals surface area (Å²) in [6.45, 7) is 0.0638. The Morgan fingerprint density at radius 3 is 2.40 bits per heavy atom. The molecule has 0 amide bonds. The molecule has 20 heavy (non-hydrogen) atoms. The van der Waals surface area contributed by atoms with Gasteiger partial charge >= 0.3 is 5.97 Å². The number of allylic oxidation sites excluding steroid dienone is 3. The summed E-state index contributed by atoms with van der Waals surface area (Å²) in [5.41, 5.74) is 2.19. The highest BCUT2D eigenvalue weighted by Gasteiger charge is 2.08. The van der Waals surface area contributed by atoms with E-state index >= 15 is 0 Å². The molecule has 0 saturated carbocycles. The molecule has 0 aromatic heterocycles. The van der Waals surface area contributed by atoms with Gasteiger partial charge in [-0.1, -0.05) is 30.4 Å². The van der Waals surface area contributed by atoms with E-state index in [4.69, 9.17) is 5.11 Å². The average molecular weight is 275 g/mol. The Balaban J connectivity index is 2.64. The molecule has 0 bridgehead atoms. The molecule has 0 aliphatic heterocycles. The SMILES string of the molecule is CN(C)c1ccc([C@@H](CO)CC=CC=CC(=O)O)cc1. The van der Waals surface area contributed by atoms with E-state index in [1.54, 1.807) is 6.08 Å². The van der Waals surface area contributed by atoms with Crippen LogP contribution in [0.4, 0.5) is 5.69 Å². The number of hydrogen-bond donors (Lipinski definition) is 2. The van der Waals surface area contributed by atoms with Gasteiger partial charge in [0.05, 0.1) is 6.61 Å². The first-order chi connectivity index (χ1) is 9.54. The topological polar surface area (TPSA) is 60.8 Å². The van der Waals surface area contributed by atoms with E-state index in [0.29, 0.717) is 6.42 Å². The fraction of sp³-hybridized carbons (Fsp3) is 0.312. The van der Waals surface area contributed by atoms with Gasteiger partial charge in [0.25, 0.3) is 0 Å². The molecule has 1 aromatic rings. The van der Waals surface area contributed by atoms with E-state index in [-0.39, 0.29) is 12.5 Å². The molecule has 4 heteroatoms. The van der Waals surface area contributed by atoms with Gasteiger partial charge in [-0.05, 0) is 24.1 Å². The largest absolute Gasteiger partial charge is 0.478 e. The van der Waals surface area contributed by atoms with Crippen LogP contribution < -0.4 is 4.90 Å². The Bertz CT molecular complexity index is 475. The van der Waals surface area contributed by atoms with Crippen LogP contribution in [0.2, 0.25) is 0 Å². The standard InChI is InChI=1S/C16H21NO3/c1-17(2)15-10-8-13(9-11-15)14(12-18)6-4-3-5-7-16(19)20/h3-5,7-11,14,18H,6,12H2,1-2H3,(H,19,20)/t14-/m1/s1. The number of hydrogen-bond acceptors (Lipinski definition) is 3. The van der Waals surface area contributed by atoms with Crippen molar-refractivity contribution in [3.05, 3.63) is 54.1 Å². The number of benzene rings is 1. The molecule has 0 saturated heterocycles. The average Bonchev–Trinajstić information content (AvgIpc) is 2.42. The molecule has 2 N–H and O–H groups in total. The van der Waals surface area contributed by atoms with Gasteiger partial charge in [0, 0.05) is 31.8 Å². The first-order valence-corrected chi connectivity index (χ1v) is 6.49. The maximum atomic E-state index is 10.3. The van der Waals surface area contributed by atoms with Gasteiger partial charge in [-0.3, -0.25) is 0 Å². The van der Waals surface area contributed by atoms with Crippen LogP contribution in [0.3, 0.4) is 0 Å². The molecule has 108 valence electrons. The van der Waals surface area contributed by atoms with Crippen LogP contribution in [0.5, 0.6) is 0 Å². The molecule has 0 spiro atoms. The van der Waals surface area contributed by atoms with Crippen LogP contribution in [0.25, 0.3) is 0 Å². The van der Waals surface area contributed by atoms with Crippen LogP contribution in [-0.2, 0) is 4.79 Å². The lowest BCUT2D eigenvalue weighted by molar-refractivity contribution is -0.131. The molecular weight excluding hydrogens is 254 g/mol. The number of carboxylic acid groups (broad SMARTS) is 1. The summed E-state index contributed by atoms with van der Waals surface area (Å²) in [6, 6.07) is 8.06. The second-order valence-corrected chi connectivity index (χ2v) is 4.73. The molecule has 0 unspecified atom stereocenters. The first-order valence-electron chi connectivity index (χ1n) is 6.49. The van der Waals surface area contributed by atoms with Gasteiger partial charge in [0.15, 0.2) is 0 Å². The Hall–Kier alpha value is -2.07. The smallest absolute Gasteiger partial charge is 0.328 e. The summed E-state index contributed by atoms with van der Waals surface area (Å²) in [6.07, 6.45) is 6.77. The molecule has 1 aromatic carbocycles. The zero-order valence-corrected chi connectivity index (χ0v) is 11.9. The molecule has 0 aliphatic carbocycles. The fourth-order valence-electron chi connectivity index (χ4n) is 1.82. The highest BCUT2D eigenvalue weighted by molar-refractivity contribution is 5.80. The number of carbonyl (C=O) groups is 1. The maximum Gasteiger partial charge on any atom is 0.328 e. The summed E-state index contributed by atoms with van der Waals surface area (Å²) in [4.78, 5) is 12.3. The lowest BCUT2D eigenvalue weighted by Crippen LogP contribution is -2.09. The highest BCUT2D eigenvalue weighted by atomic mass is 16.4. The van der Waals surface area contributed by atoms with Gasteiger partial charge in [-0.25, -0.2) is 4.79 Å². The molecule has 1 rings (SSSR count). The fourth-order valence-corrected chi connectivity index (χ4v) is 1.82. The summed E-state index contributed by atoms with van der Waals surface area (Å²) >= 11 is 0. The lowest BCUT2D eigenvalue weighted by atomic mass is 9.96. The minimum Gasteiger partial charge on any atom is -0.478 e. The van der Waals surface area contributed by atoms with Gasteiger partial charge in [0.2, 0.25) is 0 Å². The van der Waals surface area contributed by atoms with Crippen molar-refractivity contribution < 1.29 is 15.0 Å². The molecule has 0 fully saturated rings. The third-order valence-electron chi connectivity index (χ3n) is 3.01. The zero-order chi connectivity index (χ0) is 15.0. The van der Waals surface area contributed by atoms with E-state index in [0.717, 1.165) is 17.3 Å². The van der Waals surface area contributed by atoms with E-state index in [1.807, 2.05) is 49.3 Å². The number of rotatable bonds is 7. The van der Waals surface area contributed by atoms with Crippen molar-refractivity contribution >= 4 is 11.7 Å². The minimum absolute atomic E-state index is 0.0284. The van der Waals surface area contributed by atoms with Gasteiger partial charge < -0.3 is 15.1 Å². The molecule has 0 radical (unpaired) electrons. The van der Waals surface area contributed by atoms with Gasteiger partial charge in [-0.15, -0.1) is 0 Å². The van der Waals surface area contributed by atoms with E-state index in [1.165, 1.54) is 6.08 Å². The number of aliphatic hydroxyl groups is 1. The van der Waals surface area contributed by atoms with Gasteiger partial charge in [0.1, 0.15) is 0 Å². The summed E-state index contributed by atoms with van der Waals surface area (Å²) in [5, 5.41) is 17.9. The van der Waals surface area contributed by atoms with Crippen molar-refractivity contribution in [2.75, 3.05) is 25.6 Å². The van der Waals surface area contributed by atoms with Crippen LogP contribution >= 0.6 is 0 Å². The van der Waals surface area contributed by atoms with Crippen LogP contribution in [-0.4, -0.2) is 36.9 Å². The van der Waals surface area contributed by atoms with E-state index in [2.05, 4.69) is 0 Å². The second-order valence-electron chi connectivity index (χ2n) is 4.73. The zero-order valence-electron chi connectivity index (χ0n) is 11.9. The van der Waals surface area contributed by atoms with Crippen molar-refractivity contribution in [2.24, 2.45) is 0 Å². The molecule has 1 atom stereocenters. The number of anilines is 1. The Morgan fingerprint density at radius 1 is 1.25 bits per heavy atom. The Morgan fingerprint density at radius 2 is 1.90 bits per heavy atom. The van der Waals surface area contributed by atoms with Crippen molar-refractivity contribution in [1.29, 1.82) is 0 Å². The number of carboxylic acids is 1. The maximum absolute atomic E-state index is 10.3.